The SMILES string of the molecule is CC1(C)SC(c2ccc(F)cc2)N[C@H]1C(=O)O. The number of carbonyl (C=O) groups is 1. The van der Waals surface area contributed by atoms with E-state index in [0.717, 1.165) is 5.56 Å². The fourth-order valence-corrected chi connectivity index (χ4v) is 3.34. The number of carboxylic acid groups (broad SMARTS) is 1. The van der Waals surface area contributed by atoms with Crippen molar-refractivity contribution in [3.63, 3.8) is 0 Å². The molecule has 92 valence electrons. The molecule has 1 unspecified atom stereocenters. The van der Waals surface area contributed by atoms with Gasteiger partial charge in [-0.3, -0.25) is 10.1 Å². The topological polar surface area (TPSA) is 49.3 Å². The number of hydrogen-bond donors (Lipinski definition) is 2. The highest BCUT2D eigenvalue weighted by Gasteiger charge is 2.45. The van der Waals surface area contributed by atoms with Gasteiger partial charge < -0.3 is 5.11 Å². The third kappa shape index (κ3) is 2.45. The molecule has 2 N–H and O–H groups in total. The Labute approximate surface area is 103 Å². The van der Waals surface area contributed by atoms with Crippen LogP contribution in [0.3, 0.4) is 0 Å². The Balaban J connectivity index is 2.21. The van der Waals surface area contributed by atoms with Crippen molar-refractivity contribution in [1.29, 1.82) is 0 Å². The molecule has 1 aromatic rings. The van der Waals surface area contributed by atoms with Crippen LogP contribution < -0.4 is 5.32 Å². The van der Waals surface area contributed by atoms with Crippen molar-refractivity contribution in [1.82, 2.24) is 5.32 Å². The molecule has 5 heteroatoms. The van der Waals surface area contributed by atoms with Crippen LogP contribution in [-0.2, 0) is 4.79 Å². The number of benzene rings is 1. The summed E-state index contributed by atoms with van der Waals surface area (Å²) in [6.07, 6.45) is 0. The minimum Gasteiger partial charge on any atom is -0.480 e. The molecule has 1 aromatic carbocycles. The molecule has 1 fully saturated rings. The predicted molar refractivity (Wildman–Crippen MR) is 65.4 cm³/mol. The van der Waals surface area contributed by atoms with Gasteiger partial charge in [0.15, 0.2) is 0 Å². The Bertz CT molecular complexity index is 433. The lowest BCUT2D eigenvalue weighted by atomic mass is 10.0. The summed E-state index contributed by atoms with van der Waals surface area (Å²) >= 11 is 1.55. The zero-order chi connectivity index (χ0) is 12.6. The van der Waals surface area contributed by atoms with Gasteiger partial charge in [0.05, 0.1) is 5.37 Å². The van der Waals surface area contributed by atoms with E-state index in [1.165, 1.54) is 12.1 Å². The van der Waals surface area contributed by atoms with Gasteiger partial charge in [-0.25, -0.2) is 4.39 Å². The summed E-state index contributed by atoms with van der Waals surface area (Å²) in [7, 11) is 0. The van der Waals surface area contributed by atoms with Gasteiger partial charge in [0.1, 0.15) is 11.9 Å². The highest BCUT2D eigenvalue weighted by atomic mass is 32.2. The van der Waals surface area contributed by atoms with E-state index in [0.29, 0.717) is 0 Å². The van der Waals surface area contributed by atoms with Crippen LogP contribution in [0.1, 0.15) is 24.8 Å². The number of aliphatic carboxylic acids is 1. The highest BCUT2D eigenvalue weighted by Crippen LogP contribution is 2.45. The van der Waals surface area contributed by atoms with Gasteiger partial charge in [-0.1, -0.05) is 12.1 Å². The van der Waals surface area contributed by atoms with Gasteiger partial charge in [0.25, 0.3) is 0 Å². The second-order valence-corrected chi connectivity index (χ2v) is 6.35. The van der Waals surface area contributed by atoms with E-state index in [1.54, 1.807) is 23.9 Å². The molecule has 17 heavy (non-hydrogen) atoms. The van der Waals surface area contributed by atoms with Crippen molar-refractivity contribution in [2.75, 3.05) is 0 Å². The van der Waals surface area contributed by atoms with Crippen LogP contribution in [-0.4, -0.2) is 21.9 Å². The van der Waals surface area contributed by atoms with Crippen molar-refractivity contribution in [2.45, 2.75) is 30.0 Å². The smallest absolute Gasteiger partial charge is 0.322 e. The lowest BCUT2D eigenvalue weighted by molar-refractivity contribution is -0.139. The highest BCUT2D eigenvalue weighted by molar-refractivity contribution is 8.01. The van der Waals surface area contributed by atoms with Crippen LogP contribution in [0.15, 0.2) is 24.3 Å². The van der Waals surface area contributed by atoms with E-state index in [1.807, 2.05) is 13.8 Å². The van der Waals surface area contributed by atoms with Crippen molar-refractivity contribution < 1.29 is 14.3 Å². The lowest BCUT2D eigenvalue weighted by Crippen LogP contribution is -2.43. The summed E-state index contributed by atoms with van der Waals surface area (Å²) in [5.41, 5.74) is 0.897. The summed E-state index contributed by atoms with van der Waals surface area (Å²) < 4.78 is 12.4. The summed E-state index contributed by atoms with van der Waals surface area (Å²) in [5.74, 6) is -1.14. The maximum atomic E-state index is 12.8. The Kier molecular flexibility index (Phi) is 3.14. The molecule has 0 saturated carbocycles. The van der Waals surface area contributed by atoms with Gasteiger partial charge in [0.2, 0.25) is 0 Å². The fourth-order valence-electron chi connectivity index (χ4n) is 1.93. The average Bonchev–Trinajstić information content (AvgIpc) is 2.55. The standard InChI is InChI=1S/C12H14FNO2S/c1-12(2)9(11(15)16)14-10(17-12)7-3-5-8(13)6-4-7/h3-6,9-10,14H,1-2H3,(H,15,16)/t9-,10?/m0/s1. The zero-order valence-corrected chi connectivity index (χ0v) is 10.4. The van der Waals surface area contributed by atoms with Gasteiger partial charge >= 0.3 is 5.97 Å². The molecule has 0 amide bonds. The van der Waals surface area contributed by atoms with Crippen LogP contribution in [0.5, 0.6) is 0 Å². The molecule has 0 aromatic heterocycles. The molecular formula is C12H14FNO2S. The van der Waals surface area contributed by atoms with Crippen LogP contribution in [0.25, 0.3) is 0 Å². The van der Waals surface area contributed by atoms with Gasteiger partial charge in [-0.05, 0) is 31.5 Å². The molecule has 2 rings (SSSR count). The van der Waals surface area contributed by atoms with E-state index in [4.69, 9.17) is 5.11 Å². The van der Waals surface area contributed by atoms with Crippen LogP contribution >= 0.6 is 11.8 Å². The molecule has 3 nitrogen and oxygen atoms in total. The third-order valence-corrected chi connectivity index (χ3v) is 4.34. The minimum absolute atomic E-state index is 0.105. The molecule has 1 aliphatic rings. The van der Waals surface area contributed by atoms with E-state index >= 15 is 0 Å². The van der Waals surface area contributed by atoms with E-state index in [9.17, 15) is 9.18 Å². The molecule has 0 aliphatic carbocycles. The molecular weight excluding hydrogens is 241 g/mol. The number of hydrogen-bond acceptors (Lipinski definition) is 3. The summed E-state index contributed by atoms with van der Waals surface area (Å²) in [4.78, 5) is 11.1. The molecule has 0 bridgehead atoms. The Morgan fingerprint density at radius 3 is 2.47 bits per heavy atom. The van der Waals surface area contributed by atoms with E-state index < -0.39 is 12.0 Å². The molecule has 1 heterocycles. The van der Waals surface area contributed by atoms with E-state index in [2.05, 4.69) is 5.32 Å². The molecule has 2 atom stereocenters. The number of rotatable bonds is 2. The van der Waals surface area contributed by atoms with Crippen molar-refractivity contribution in [3.05, 3.63) is 35.6 Å². The van der Waals surface area contributed by atoms with Crippen LogP contribution in [0.4, 0.5) is 4.39 Å². The van der Waals surface area contributed by atoms with Crippen LogP contribution in [0, 0.1) is 5.82 Å². The van der Waals surface area contributed by atoms with Crippen molar-refractivity contribution in [2.24, 2.45) is 0 Å². The summed E-state index contributed by atoms with van der Waals surface area (Å²) in [6.45, 7) is 3.79. The fraction of sp³-hybridized carbons (Fsp3) is 0.417. The van der Waals surface area contributed by atoms with Gasteiger partial charge in [-0.15, -0.1) is 11.8 Å². The first-order valence-corrected chi connectivity index (χ1v) is 6.20. The Hall–Kier alpha value is -1.07. The minimum atomic E-state index is -0.855. The first-order valence-electron chi connectivity index (χ1n) is 5.32. The number of halogens is 1. The first kappa shape index (κ1) is 12.4. The third-order valence-electron chi connectivity index (χ3n) is 2.85. The first-order chi connectivity index (χ1) is 7.90. The van der Waals surface area contributed by atoms with Crippen molar-refractivity contribution in [3.8, 4) is 0 Å². The Morgan fingerprint density at radius 2 is 2.00 bits per heavy atom. The Morgan fingerprint density at radius 1 is 1.41 bits per heavy atom. The summed E-state index contributed by atoms with van der Waals surface area (Å²) in [6, 6.07) is 5.54. The molecule has 0 spiro atoms. The second kappa shape index (κ2) is 4.31. The quantitative estimate of drug-likeness (QED) is 0.852. The molecule has 1 aliphatic heterocycles. The van der Waals surface area contributed by atoms with Crippen molar-refractivity contribution >= 4 is 17.7 Å². The predicted octanol–water partition coefficient (Wildman–Crippen LogP) is 2.39. The van der Waals surface area contributed by atoms with E-state index in [-0.39, 0.29) is 15.9 Å². The zero-order valence-electron chi connectivity index (χ0n) is 9.61. The number of nitrogens with one attached hydrogen (secondary N) is 1. The largest absolute Gasteiger partial charge is 0.480 e. The number of carboxylic acids is 1. The normalized spacial score (nSPS) is 27.0. The second-order valence-electron chi connectivity index (χ2n) is 4.59. The maximum Gasteiger partial charge on any atom is 0.322 e. The summed E-state index contributed by atoms with van der Waals surface area (Å²) in [5, 5.41) is 12.1. The monoisotopic (exact) mass is 255 g/mol. The maximum absolute atomic E-state index is 12.8. The lowest BCUT2D eigenvalue weighted by Gasteiger charge is -2.20. The van der Waals surface area contributed by atoms with Gasteiger partial charge in [0, 0.05) is 4.75 Å². The molecule has 0 radical (unpaired) electrons. The number of thioether (sulfide) groups is 1. The molecule has 1 saturated heterocycles. The average molecular weight is 255 g/mol. The van der Waals surface area contributed by atoms with Gasteiger partial charge in [-0.2, -0.15) is 0 Å². The van der Waals surface area contributed by atoms with Crippen LogP contribution in [0.2, 0.25) is 0 Å².